The van der Waals surface area contributed by atoms with Crippen molar-refractivity contribution in [3.63, 3.8) is 0 Å². The summed E-state index contributed by atoms with van der Waals surface area (Å²) < 4.78 is 0. The van der Waals surface area contributed by atoms with Gasteiger partial charge in [-0.3, -0.25) is 4.79 Å². The lowest BCUT2D eigenvalue weighted by atomic mass is 10.0. The number of carbonyl (C=O) groups excluding carboxylic acids is 1. The summed E-state index contributed by atoms with van der Waals surface area (Å²) in [5.41, 5.74) is 11.3. The number of hydrogen-bond donors (Lipinski definition) is 1. The zero-order valence-electron chi connectivity index (χ0n) is 14.4. The van der Waals surface area contributed by atoms with E-state index >= 15 is 0 Å². The third-order valence-corrected chi connectivity index (χ3v) is 4.76. The third-order valence-electron chi connectivity index (χ3n) is 4.76. The Morgan fingerprint density at radius 2 is 1.85 bits per heavy atom. The molecule has 4 rings (SSSR count). The minimum atomic E-state index is -0.549. The van der Waals surface area contributed by atoms with Gasteiger partial charge in [0.1, 0.15) is 6.33 Å². The predicted octanol–water partition coefficient (Wildman–Crippen LogP) is 2.60. The first-order valence-corrected chi connectivity index (χ1v) is 8.71. The van der Waals surface area contributed by atoms with E-state index in [-0.39, 0.29) is 5.91 Å². The van der Waals surface area contributed by atoms with Gasteiger partial charge in [-0.05, 0) is 35.6 Å². The van der Waals surface area contributed by atoms with Crippen LogP contribution in [-0.2, 0) is 17.6 Å². The van der Waals surface area contributed by atoms with E-state index in [1.807, 2.05) is 41.3 Å². The van der Waals surface area contributed by atoms with Crippen LogP contribution in [0.2, 0.25) is 0 Å². The Labute approximate surface area is 152 Å². The van der Waals surface area contributed by atoms with Crippen molar-refractivity contribution in [1.82, 2.24) is 9.97 Å². The largest absolute Gasteiger partial charge is 0.320 e. The summed E-state index contributed by atoms with van der Waals surface area (Å²) in [7, 11) is 0. The van der Waals surface area contributed by atoms with Gasteiger partial charge in [-0.15, -0.1) is 0 Å². The fraction of sp³-hybridized carbons (Fsp3) is 0.190. The van der Waals surface area contributed by atoms with Gasteiger partial charge in [-0.2, -0.15) is 0 Å². The number of fused-ring (bicyclic) bond motifs is 1. The molecule has 1 atom stereocenters. The number of aromatic nitrogens is 2. The highest BCUT2D eigenvalue weighted by molar-refractivity contribution is 5.99. The van der Waals surface area contributed by atoms with E-state index in [1.165, 1.54) is 11.9 Å². The molecule has 5 heteroatoms. The number of amides is 1. The molecule has 0 spiro atoms. The predicted molar refractivity (Wildman–Crippen MR) is 102 cm³/mol. The monoisotopic (exact) mass is 344 g/mol. The van der Waals surface area contributed by atoms with Crippen LogP contribution < -0.4 is 10.6 Å². The van der Waals surface area contributed by atoms with Crippen LogP contribution in [0, 0.1) is 0 Å². The number of benzene rings is 2. The fourth-order valence-electron chi connectivity index (χ4n) is 3.39. The van der Waals surface area contributed by atoms with Gasteiger partial charge >= 0.3 is 0 Å². The second-order valence-corrected chi connectivity index (χ2v) is 6.51. The fourth-order valence-corrected chi connectivity index (χ4v) is 3.39. The van der Waals surface area contributed by atoms with E-state index < -0.39 is 6.04 Å². The zero-order valence-corrected chi connectivity index (χ0v) is 14.4. The van der Waals surface area contributed by atoms with Gasteiger partial charge in [-0.1, -0.05) is 42.5 Å². The maximum atomic E-state index is 12.9. The van der Waals surface area contributed by atoms with Gasteiger partial charge in [0.05, 0.1) is 6.04 Å². The molecule has 1 aliphatic rings. The maximum absolute atomic E-state index is 12.9. The molecule has 26 heavy (non-hydrogen) atoms. The average Bonchev–Trinajstić information content (AvgIpc) is 3.12. The molecule has 1 aromatic heterocycles. The lowest BCUT2D eigenvalue weighted by molar-refractivity contribution is -0.119. The maximum Gasteiger partial charge on any atom is 0.244 e. The SMILES string of the molecule is NC(Cc1ccccc1)C(=O)N1CCc2ccc(-c3cncnc3)cc21. The molecule has 2 aromatic carbocycles. The van der Waals surface area contributed by atoms with Crippen LogP contribution in [0.1, 0.15) is 11.1 Å². The number of carbonyl (C=O) groups is 1. The van der Waals surface area contributed by atoms with Crippen molar-refractivity contribution in [2.45, 2.75) is 18.9 Å². The molecule has 0 saturated heterocycles. The molecule has 130 valence electrons. The Morgan fingerprint density at radius 3 is 2.62 bits per heavy atom. The summed E-state index contributed by atoms with van der Waals surface area (Å²) >= 11 is 0. The molecule has 1 unspecified atom stereocenters. The molecule has 0 saturated carbocycles. The van der Waals surface area contributed by atoms with E-state index in [9.17, 15) is 4.79 Å². The molecule has 1 amide bonds. The summed E-state index contributed by atoms with van der Waals surface area (Å²) in [5, 5.41) is 0. The molecule has 0 bridgehead atoms. The van der Waals surface area contributed by atoms with Gasteiger partial charge in [-0.25, -0.2) is 9.97 Å². The lowest BCUT2D eigenvalue weighted by Gasteiger charge is -2.22. The topological polar surface area (TPSA) is 72.1 Å². The summed E-state index contributed by atoms with van der Waals surface area (Å²) in [4.78, 5) is 22.9. The van der Waals surface area contributed by atoms with Crippen LogP contribution in [0.4, 0.5) is 5.69 Å². The molecule has 1 aliphatic heterocycles. The van der Waals surface area contributed by atoms with Crippen molar-refractivity contribution in [1.29, 1.82) is 0 Å². The van der Waals surface area contributed by atoms with E-state index in [4.69, 9.17) is 5.73 Å². The number of hydrogen-bond acceptors (Lipinski definition) is 4. The number of nitrogens with two attached hydrogens (primary N) is 1. The molecule has 0 aliphatic carbocycles. The zero-order chi connectivity index (χ0) is 17.9. The molecule has 0 radical (unpaired) electrons. The van der Waals surface area contributed by atoms with Crippen LogP contribution in [-0.4, -0.2) is 28.5 Å². The Balaban J connectivity index is 1.57. The highest BCUT2D eigenvalue weighted by Crippen LogP contribution is 2.33. The Morgan fingerprint density at radius 1 is 1.08 bits per heavy atom. The molecule has 0 fully saturated rings. The quantitative estimate of drug-likeness (QED) is 0.790. The number of rotatable bonds is 4. The average molecular weight is 344 g/mol. The van der Waals surface area contributed by atoms with Crippen LogP contribution in [0.5, 0.6) is 0 Å². The highest BCUT2D eigenvalue weighted by atomic mass is 16.2. The van der Waals surface area contributed by atoms with Crippen LogP contribution >= 0.6 is 0 Å². The third kappa shape index (κ3) is 3.21. The van der Waals surface area contributed by atoms with Gasteiger partial charge in [0.2, 0.25) is 5.91 Å². The number of nitrogens with zero attached hydrogens (tertiary/aromatic N) is 3. The van der Waals surface area contributed by atoms with Crippen molar-refractivity contribution >= 4 is 11.6 Å². The highest BCUT2D eigenvalue weighted by Gasteiger charge is 2.28. The standard InChI is InChI=1S/C21H20N4O/c22-19(10-15-4-2-1-3-5-15)21(26)25-9-8-16-6-7-17(11-20(16)25)18-12-23-14-24-13-18/h1-7,11-14,19H,8-10,22H2. The normalized spacial score (nSPS) is 14.1. The van der Waals surface area contributed by atoms with Crippen LogP contribution in [0.3, 0.4) is 0 Å². The molecular weight excluding hydrogens is 324 g/mol. The van der Waals surface area contributed by atoms with Gasteiger partial charge in [0, 0.05) is 30.2 Å². The molecule has 2 heterocycles. The molecule has 5 nitrogen and oxygen atoms in total. The first-order chi connectivity index (χ1) is 12.7. The minimum absolute atomic E-state index is 0.0333. The first-order valence-electron chi connectivity index (χ1n) is 8.71. The Hall–Kier alpha value is -3.05. The van der Waals surface area contributed by atoms with E-state index in [2.05, 4.69) is 22.1 Å². The van der Waals surface area contributed by atoms with Crippen molar-refractivity contribution in [2.75, 3.05) is 11.4 Å². The van der Waals surface area contributed by atoms with E-state index in [0.29, 0.717) is 13.0 Å². The smallest absolute Gasteiger partial charge is 0.244 e. The van der Waals surface area contributed by atoms with E-state index in [1.54, 1.807) is 12.4 Å². The minimum Gasteiger partial charge on any atom is -0.320 e. The second-order valence-electron chi connectivity index (χ2n) is 6.51. The van der Waals surface area contributed by atoms with Gasteiger partial charge in [0.15, 0.2) is 0 Å². The Bertz CT molecular complexity index is 912. The van der Waals surface area contributed by atoms with Crippen molar-refractivity contribution in [2.24, 2.45) is 5.73 Å². The summed E-state index contributed by atoms with van der Waals surface area (Å²) in [6, 6.07) is 15.5. The Kier molecular flexibility index (Phi) is 4.46. The second kappa shape index (κ2) is 7.06. The molecular formula is C21H20N4O. The van der Waals surface area contributed by atoms with Crippen molar-refractivity contribution < 1.29 is 4.79 Å². The molecule has 2 N–H and O–H groups in total. The van der Waals surface area contributed by atoms with Crippen LogP contribution in [0.15, 0.2) is 67.3 Å². The van der Waals surface area contributed by atoms with Crippen LogP contribution in [0.25, 0.3) is 11.1 Å². The van der Waals surface area contributed by atoms with Crippen molar-refractivity contribution in [3.8, 4) is 11.1 Å². The molecule has 3 aromatic rings. The lowest BCUT2D eigenvalue weighted by Crippen LogP contribution is -2.44. The first kappa shape index (κ1) is 16.4. The number of anilines is 1. The summed E-state index contributed by atoms with van der Waals surface area (Å²) in [5.74, 6) is -0.0333. The summed E-state index contributed by atoms with van der Waals surface area (Å²) in [6.45, 7) is 0.672. The van der Waals surface area contributed by atoms with Crippen molar-refractivity contribution in [3.05, 3.63) is 78.4 Å². The van der Waals surface area contributed by atoms with Gasteiger partial charge in [0.25, 0.3) is 0 Å². The van der Waals surface area contributed by atoms with Gasteiger partial charge < -0.3 is 10.6 Å². The van der Waals surface area contributed by atoms with E-state index in [0.717, 1.165) is 28.8 Å². The summed E-state index contributed by atoms with van der Waals surface area (Å²) in [6.07, 6.45) is 6.45.